The summed E-state index contributed by atoms with van der Waals surface area (Å²) in [5.74, 6) is 2.35. The number of carbonyl (C=O) groups excluding carboxylic acids is 1. The van der Waals surface area contributed by atoms with Crippen LogP contribution in [0.1, 0.15) is 63.9 Å². The zero-order valence-electron chi connectivity index (χ0n) is 20.2. The van der Waals surface area contributed by atoms with Gasteiger partial charge in [0.25, 0.3) is 5.91 Å². The lowest BCUT2D eigenvalue weighted by atomic mass is 9.87. The molecule has 3 N–H and O–H groups in total. The van der Waals surface area contributed by atoms with E-state index < -0.39 is 9.84 Å². The van der Waals surface area contributed by atoms with Crippen LogP contribution in [0.15, 0.2) is 30.1 Å². The molecule has 35 heavy (non-hydrogen) atoms. The maximum absolute atomic E-state index is 12.2. The van der Waals surface area contributed by atoms with Crippen LogP contribution in [-0.4, -0.2) is 52.5 Å². The number of sulfone groups is 1. The third-order valence-electron chi connectivity index (χ3n) is 6.95. The van der Waals surface area contributed by atoms with Gasteiger partial charge in [-0.05, 0) is 56.9 Å². The summed E-state index contributed by atoms with van der Waals surface area (Å²) in [6, 6.07) is 2.69. The molecular weight excluding hydrogens is 464 g/mol. The molecule has 3 fully saturated rings. The lowest BCUT2D eigenvalue weighted by Crippen LogP contribution is -2.30. The minimum absolute atomic E-state index is 0.127. The topological polar surface area (TPSA) is 117 Å². The number of fused-ring (bicyclic) bond motifs is 1. The Hall–Kier alpha value is -2.88. The van der Waals surface area contributed by atoms with Crippen molar-refractivity contribution in [1.82, 2.24) is 19.9 Å². The Labute approximate surface area is 206 Å². The molecule has 0 spiro atoms. The van der Waals surface area contributed by atoms with Crippen molar-refractivity contribution in [3.05, 3.63) is 35.7 Å². The molecule has 3 aliphatic rings. The molecule has 3 heterocycles. The van der Waals surface area contributed by atoms with E-state index in [4.69, 9.17) is 4.98 Å². The highest BCUT2D eigenvalue weighted by molar-refractivity contribution is 7.91. The third-order valence-corrected chi connectivity index (χ3v) is 8.96. The standard InChI is InChI=1S/C25H34N6O3S/c1-3-10-35(33,34)15-17-4-6-20(7-5-17)28-22-13-23(29-21-8-9-21)31-24(30-22)19(14-26-31)12-18-11-16(2)27-25(18)32/h12-14,17,20-21,29H,2-11,15H2,1H3,(H,27,32)(H,28,30)/b18-12+. The summed E-state index contributed by atoms with van der Waals surface area (Å²) < 4.78 is 26.2. The first kappa shape index (κ1) is 23.8. The summed E-state index contributed by atoms with van der Waals surface area (Å²) in [6.45, 7) is 5.76. The molecule has 2 aliphatic carbocycles. The van der Waals surface area contributed by atoms with E-state index in [-0.39, 0.29) is 23.6 Å². The second-order valence-electron chi connectivity index (χ2n) is 10.2. The molecule has 1 amide bonds. The first-order valence-corrected chi connectivity index (χ1v) is 14.4. The van der Waals surface area contributed by atoms with E-state index in [1.54, 1.807) is 10.7 Å². The lowest BCUT2D eigenvalue weighted by Gasteiger charge is -2.29. The van der Waals surface area contributed by atoms with Crippen molar-refractivity contribution in [2.75, 3.05) is 22.1 Å². The predicted molar refractivity (Wildman–Crippen MR) is 138 cm³/mol. The van der Waals surface area contributed by atoms with Crippen molar-refractivity contribution in [3.63, 3.8) is 0 Å². The van der Waals surface area contributed by atoms with Crippen molar-refractivity contribution in [2.24, 2.45) is 5.92 Å². The van der Waals surface area contributed by atoms with Crippen molar-refractivity contribution in [2.45, 2.75) is 70.4 Å². The fourth-order valence-corrected chi connectivity index (χ4v) is 6.87. The van der Waals surface area contributed by atoms with E-state index in [1.807, 2.05) is 19.1 Å². The SMILES string of the molecule is C=C1C/C(=C\c2cnn3c(NC4CC4)cc(NC4CCC(CS(=O)(=O)CCC)CC4)nc23)C(=O)N1. The molecule has 9 nitrogen and oxygen atoms in total. The molecule has 0 unspecified atom stereocenters. The fraction of sp³-hybridized carbons (Fsp3) is 0.560. The second kappa shape index (κ2) is 9.64. The van der Waals surface area contributed by atoms with Gasteiger partial charge in [0.15, 0.2) is 15.5 Å². The molecule has 188 valence electrons. The second-order valence-corrected chi connectivity index (χ2v) is 12.4. The molecule has 0 bridgehead atoms. The Morgan fingerprint density at radius 1 is 1.17 bits per heavy atom. The zero-order chi connectivity index (χ0) is 24.6. The van der Waals surface area contributed by atoms with Crippen LogP contribution in [0.25, 0.3) is 11.7 Å². The van der Waals surface area contributed by atoms with Crippen molar-refractivity contribution in [3.8, 4) is 0 Å². The number of carbonyl (C=O) groups is 1. The van der Waals surface area contributed by atoms with Crippen molar-refractivity contribution in [1.29, 1.82) is 0 Å². The predicted octanol–water partition coefficient (Wildman–Crippen LogP) is 3.52. The summed E-state index contributed by atoms with van der Waals surface area (Å²) in [6.07, 6.45) is 10.7. The molecule has 10 heteroatoms. The number of rotatable bonds is 9. The number of hydrogen-bond donors (Lipinski definition) is 3. The molecule has 5 rings (SSSR count). The van der Waals surface area contributed by atoms with Crippen molar-refractivity contribution < 1.29 is 13.2 Å². The van der Waals surface area contributed by atoms with E-state index in [2.05, 4.69) is 27.6 Å². The molecule has 1 saturated heterocycles. The Kier molecular flexibility index (Phi) is 6.57. The molecule has 0 atom stereocenters. The maximum Gasteiger partial charge on any atom is 0.251 e. The van der Waals surface area contributed by atoms with Gasteiger partial charge in [0.2, 0.25) is 0 Å². The Morgan fingerprint density at radius 2 is 1.89 bits per heavy atom. The number of aromatic nitrogens is 3. The van der Waals surface area contributed by atoms with E-state index in [1.165, 1.54) is 0 Å². The highest BCUT2D eigenvalue weighted by Gasteiger charge is 2.27. The van der Waals surface area contributed by atoms with Gasteiger partial charge >= 0.3 is 0 Å². The van der Waals surface area contributed by atoms with Crippen LogP contribution >= 0.6 is 0 Å². The lowest BCUT2D eigenvalue weighted by molar-refractivity contribution is -0.115. The molecule has 0 radical (unpaired) electrons. The summed E-state index contributed by atoms with van der Waals surface area (Å²) >= 11 is 0. The molecule has 0 aromatic carbocycles. The molecule has 1 aliphatic heterocycles. The minimum atomic E-state index is -2.95. The van der Waals surface area contributed by atoms with Crippen LogP contribution in [0.2, 0.25) is 0 Å². The normalized spacial score (nSPS) is 24.2. The van der Waals surface area contributed by atoms with E-state index in [0.29, 0.717) is 41.6 Å². The number of anilines is 2. The average molecular weight is 499 g/mol. The molecular formula is C25H34N6O3S. The fourth-order valence-electron chi connectivity index (χ4n) is 5.03. The highest BCUT2D eigenvalue weighted by Crippen LogP contribution is 2.31. The highest BCUT2D eigenvalue weighted by atomic mass is 32.2. The summed E-state index contributed by atoms with van der Waals surface area (Å²) in [5.41, 5.74) is 2.83. The number of amides is 1. The van der Waals surface area contributed by atoms with Gasteiger partial charge in [-0.25, -0.2) is 13.4 Å². The van der Waals surface area contributed by atoms with E-state index in [0.717, 1.165) is 55.7 Å². The monoisotopic (exact) mass is 498 g/mol. The van der Waals surface area contributed by atoms with Gasteiger partial charge in [-0.2, -0.15) is 9.61 Å². The van der Waals surface area contributed by atoms with E-state index in [9.17, 15) is 13.2 Å². The quantitative estimate of drug-likeness (QED) is 0.453. The average Bonchev–Trinajstić information content (AvgIpc) is 3.43. The van der Waals surface area contributed by atoms with Crippen LogP contribution in [-0.2, 0) is 14.6 Å². The smallest absolute Gasteiger partial charge is 0.251 e. The molecule has 2 aromatic rings. The van der Waals surface area contributed by atoms with E-state index >= 15 is 0 Å². The number of nitrogens with zero attached hydrogens (tertiary/aromatic N) is 3. The van der Waals surface area contributed by atoms with Gasteiger partial charge in [-0.15, -0.1) is 0 Å². The third kappa shape index (κ3) is 5.69. The number of nitrogens with one attached hydrogen (secondary N) is 3. The Balaban J connectivity index is 1.34. The Bertz CT molecular complexity index is 1270. The van der Waals surface area contributed by atoms with Crippen molar-refractivity contribution >= 4 is 39.1 Å². The molecule has 2 aromatic heterocycles. The summed E-state index contributed by atoms with van der Waals surface area (Å²) in [7, 11) is -2.95. The molecule has 2 saturated carbocycles. The summed E-state index contributed by atoms with van der Waals surface area (Å²) in [5, 5.41) is 14.4. The first-order chi connectivity index (χ1) is 16.8. The largest absolute Gasteiger partial charge is 0.367 e. The van der Waals surface area contributed by atoms with Gasteiger partial charge in [0.1, 0.15) is 11.6 Å². The van der Waals surface area contributed by atoms with Gasteiger partial charge in [0.05, 0.1) is 11.9 Å². The van der Waals surface area contributed by atoms with Crippen LogP contribution in [0.4, 0.5) is 11.6 Å². The van der Waals surface area contributed by atoms with Gasteiger partial charge in [-0.3, -0.25) is 4.79 Å². The van der Waals surface area contributed by atoms with Gasteiger partial charge in [0, 0.05) is 47.2 Å². The van der Waals surface area contributed by atoms with Gasteiger partial charge < -0.3 is 16.0 Å². The minimum Gasteiger partial charge on any atom is -0.367 e. The van der Waals surface area contributed by atoms with Crippen LogP contribution in [0, 0.1) is 5.92 Å². The number of hydrogen-bond acceptors (Lipinski definition) is 7. The number of allylic oxidation sites excluding steroid dienone is 1. The van der Waals surface area contributed by atoms with Crippen LogP contribution in [0.3, 0.4) is 0 Å². The first-order valence-electron chi connectivity index (χ1n) is 12.6. The van der Waals surface area contributed by atoms with Gasteiger partial charge in [-0.1, -0.05) is 13.5 Å². The maximum atomic E-state index is 12.2. The van der Waals surface area contributed by atoms with Crippen LogP contribution in [0.5, 0.6) is 0 Å². The zero-order valence-corrected chi connectivity index (χ0v) is 21.0. The Morgan fingerprint density at radius 3 is 2.54 bits per heavy atom. The van der Waals surface area contributed by atoms with Crippen LogP contribution < -0.4 is 16.0 Å². The summed E-state index contributed by atoms with van der Waals surface area (Å²) in [4.78, 5) is 17.1.